The van der Waals surface area contributed by atoms with E-state index in [1.165, 1.54) is 29.7 Å². The highest BCUT2D eigenvalue weighted by molar-refractivity contribution is 7.12. The lowest BCUT2D eigenvalue weighted by molar-refractivity contribution is 0.181. The van der Waals surface area contributed by atoms with Crippen LogP contribution in [-0.2, 0) is 19.3 Å². The van der Waals surface area contributed by atoms with Crippen LogP contribution in [0.5, 0.6) is 0 Å². The lowest BCUT2D eigenvalue weighted by Crippen LogP contribution is -2.02. The number of thiophene rings is 1. The Hall–Kier alpha value is -1.26. The van der Waals surface area contributed by atoms with Crippen LogP contribution in [0.4, 0.5) is 8.78 Å². The predicted octanol–water partition coefficient (Wildman–Crippen LogP) is 4.57. The Kier molecular flexibility index (Phi) is 4.36. The molecule has 0 amide bonds. The van der Waals surface area contributed by atoms with Gasteiger partial charge in [-0.25, -0.2) is 8.78 Å². The lowest BCUT2D eigenvalue weighted by atomic mass is 10.0. The Labute approximate surface area is 127 Å². The van der Waals surface area contributed by atoms with E-state index in [0.717, 1.165) is 35.9 Å². The van der Waals surface area contributed by atoms with Crippen molar-refractivity contribution in [3.05, 3.63) is 56.8 Å². The minimum atomic E-state index is -0.766. The molecule has 0 fully saturated rings. The zero-order chi connectivity index (χ0) is 14.8. The quantitative estimate of drug-likeness (QED) is 0.823. The van der Waals surface area contributed by atoms with Gasteiger partial charge in [-0.2, -0.15) is 0 Å². The van der Waals surface area contributed by atoms with E-state index in [9.17, 15) is 13.9 Å². The SMILES string of the molecule is OC(Cc1cc(F)ccc1F)c1cc2c(s1)CCCCC2. The summed E-state index contributed by atoms with van der Waals surface area (Å²) in [6, 6.07) is 5.42. The molecule has 1 aliphatic carbocycles. The maximum atomic E-state index is 13.7. The lowest BCUT2D eigenvalue weighted by Gasteiger charge is -2.09. The molecule has 1 unspecified atom stereocenters. The van der Waals surface area contributed by atoms with E-state index < -0.39 is 17.7 Å². The molecule has 0 saturated carbocycles. The summed E-state index contributed by atoms with van der Waals surface area (Å²) in [6.45, 7) is 0. The topological polar surface area (TPSA) is 20.2 Å². The third kappa shape index (κ3) is 3.33. The number of fused-ring (bicyclic) bond motifs is 1. The fraction of sp³-hybridized carbons (Fsp3) is 0.412. The fourth-order valence-electron chi connectivity index (χ4n) is 2.86. The summed E-state index contributed by atoms with van der Waals surface area (Å²) in [4.78, 5) is 2.21. The monoisotopic (exact) mass is 308 g/mol. The molecule has 0 saturated heterocycles. The van der Waals surface area contributed by atoms with Crippen molar-refractivity contribution in [2.24, 2.45) is 0 Å². The van der Waals surface area contributed by atoms with Crippen LogP contribution in [0.1, 0.15) is 46.2 Å². The third-order valence-electron chi connectivity index (χ3n) is 4.02. The van der Waals surface area contributed by atoms with Crippen LogP contribution in [0.25, 0.3) is 0 Å². The molecular weight excluding hydrogens is 290 g/mol. The molecule has 0 aliphatic heterocycles. The van der Waals surface area contributed by atoms with Gasteiger partial charge in [0.1, 0.15) is 11.6 Å². The Bertz CT molecular complexity index is 612. The smallest absolute Gasteiger partial charge is 0.126 e. The van der Waals surface area contributed by atoms with Gasteiger partial charge in [0, 0.05) is 16.2 Å². The molecule has 0 bridgehead atoms. The standard InChI is InChI=1S/C17H18F2OS/c18-13-6-7-14(19)12(8-13)9-15(20)17-10-11-4-2-1-3-5-16(11)21-17/h6-8,10,15,20H,1-5,9H2. The summed E-state index contributed by atoms with van der Waals surface area (Å²) in [5, 5.41) is 10.3. The highest BCUT2D eigenvalue weighted by Crippen LogP contribution is 2.33. The first kappa shape index (κ1) is 14.7. The van der Waals surface area contributed by atoms with Crippen LogP contribution in [0.2, 0.25) is 0 Å². The summed E-state index contributed by atoms with van der Waals surface area (Å²) < 4.78 is 26.8. The molecule has 1 aliphatic rings. The zero-order valence-electron chi connectivity index (χ0n) is 11.7. The number of benzene rings is 1. The number of rotatable bonds is 3. The van der Waals surface area contributed by atoms with Gasteiger partial charge < -0.3 is 5.11 Å². The number of aliphatic hydroxyl groups is 1. The maximum Gasteiger partial charge on any atom is 0.126 e. The van der Waals surface area contributed by atoms with Gasteiger partial charge in [-0.3, -0.25) is 0 Å². The molecule has 112 valence electrons. The van der Waals surface area contributed by atoms with E-state index >= 15 is 0 Å². The van der Waals surface area contributed by atoms with Crippen LogP contribution in [0.15, 0.2) is 24.3 Å². The van der Waals surface area contributed by atoms with Crippen molar-refractivity contribution in [1.29, 1.82) is 0 Å². The van der Waals surface area contributed by atoms with Crippen LogP contribution in [-0.4, -0.2) is 5.11 Å². The molecule has 1 N–H and O–H groups in total. The third-order valence-corrected chi connectivity index (χ3v) is 5.35. The van der Waals surface area contributed by atoms with Crippen molar-refractivity contribution >= 4 is 11.3 Å². The van der Waals surface area contributed by atoms with E-state index in [0.29, 0.717) is 0 Å². The van der Waals surface area contributed by atoms with E-state index in [1.807, 2.05) is 6.07 Å². The average Bonchev–Trinajstić information content (AvgIpc) is 2.74. The second kappa shape index (κ2) is 6.24. The van der Waals surface area contributed by atoms with Gasteiger partial charge in [0.05, 0.1) is 6.10 Å². The van der Waals surface area contributed by atoms with Crippen molar-refractivity contribution < 1.29 is 13.9 Å². The van der Waals surface area contributed by atoms with Crippen molar-refractivity contribution in [3.8, 4) is 0 Å². The van der Waals surface area contributed by atoms with Crippen LogP contribution >= 0.6 is 11.3 Å². The van der Waals surface area contributed by atoms with Crippen molar-refractivity contribution in [3.63, 3.8) is 0 Å². The van der Waals surface area contributed by atoms with Gasteiger partial charge in [-0.15, -0.1) is 11.3 Å². The highest BCUT2D eigenvalue weighted by Gasteiger charge is 2.18. The van der Waals surface area contributed by atoms with Crippen LogP contribution < -0.4 is 0 Å². The Balaban J connectivity index is 1.79. The van der Waals surface area contributed by atoms with Crippen LogP contribution in [0.3, 0.4) is 0 Å². The van der Waals surface area contributed by atoms with E-state index in [-0.39, 0.29) is 12.0 Å². The van der Waals surface area contributed by atoms with Crippen LogP contribution in [0, 0.1) is 11.6 Å². The molecular formula is C17H18F2OS. The molecule has 1 aromatic carbocycles. The molecule has 0 radical (unpaired) electrons. The largest absolute Gasteiger partial charge is 0.387 e. The summed E-state index contributed by atoms with van der Waals surface area (Å²) in [5.41, 5.74) is 1.55. The van der Waals surface area contributed by atoms with E-state index in [1.54, 1.807) is 11.3 Å². The number of hydrogen-bond donors (Lipinski definition) is 1. The van der Waals surface area contributed by atoms with Crippen molar-refractivity contribution in [2.45, 2.75) is 44.6 Å². The van der Waals surface area contributed by atoms with Gasteiger partial charge >= 0.3 is 0 Å². The highest BCUT2D eigenvalue weighted by atomic mass is 32.1. The molecule has 0 spiro atoms. The number of aliphatic hydroxyl groups excluding tert-OH is 1. The molecule has 1 nitrogen and oxygen atoms in total. The zero-order valence-corrected chi connectivity index (χ0v) is 12.6. The predicted molar refractivity (Wildman–Crippen MR) is 80.6 cm³/mol. The number of halogens is 2. The number of aryl methyl sites for hydroxylation is 2. The van der Waals surface area contributed by atoms with E-state index in [2.05, 4.69) is 0 Å². The molecule has 3 rings (SSSR count). The fourth-order valence-corrected chi connectivity index (χ4v) is 4.11. The van der Waals surface area contributed by atoms with Crippen molar-refractivity contribution in [2.75, 3.05) is 0 Å². The molecule has 1 aromatic heterocycles. The van der Waals surface area contributed by atoms with Gasteiger partial charge in [-0.1, -0.05) is 6.42 Å². The Morgan fingerprint density at radius 3 is 2.76 bits per heavy atom. The Morgan fingerprint density at radius 2 is 1.90 bits per heavy atom. The molecule has 21 heavy (non-hydrogen) atoms. The summed E-state index contributed by atoms with van der Waals surface area (Å²) in [7, 11) is 0. The molecule has 2 aromatic rings. The first-order valence-electron chi connectivity index (χ1n) is 7.37. The van der Waals surface area contributed by atoms with Gasteiger partial charge in [0.15, 0.2) is 0 Å². The van der Waals surface area contributed by atoms with Gasteiger partial charge in [0.2, 0.25) is 0 Å². The van der Waals surface area contributed by atoms with E-state index in [4.69, 9.17) is 0 Å². The maximum absolute atomic E-state index is 13.7. The summed E-state index contributed by atoms with van der Waals surface area (Å²) in [5.74, 6) is -0.936. The number of hydrogen-bond acceptors (Lipinski definition) is 2. The van der Waals surface area contributed by atoms with Crippen molar-refractivity contribution in [1.82, 2.24) is 0 Å². The normalized spacial score (nSPS) is 16.3. The minimum absolute atomic E-state index is 0.114. The van der Waals surface area contributed by atoms with Gasteiger partial charge in [0.25, 0.3) is 0 Å². The summed E-state index contributed by atoms with van der Waals surface area (Å²) >= 11 is 1.62. The average molecular weight is 308 g/mol. The van der Waals surface area contributed by atoms with Gasteiger partial charge in [-0.05, 0) is 61.1 Å². The molecule has 1 atom stereocenters. The second-order valence-electron chi connectivity index (χ2n) is 5.61. The second-order valence-corrected chi connectivity index (χ2v) is 6.78. The summed E-state index contributed by atoms with van der Waals surface area (Å²) in [6.07, 6.45) is 5.13. The first-order valence-corrected chi connectivity index (χ1v) is 8.18. The molecule has 1 heterocycles. The minimum Gasteiger partial charge on any atom is -0.387 e. The Morgan fingerprint density at radius 1 is 1.10 bits per heavy atom. The first-order chi connectivity index (χ1) is 10.1. The molecule has 4 heteroatoms.